The van der Waals surface area contributed by atoms with Crippen molar-refractivity contribution in [1.82, 2.24) is 15.2 Å². The molecular formula is C23H25F2N7O3S. The number of H-pyrrole nitrogens is 1. The number of fused-ring (bicyclic) bond motifs is 1. The Hall–Kier alpha value is -3.32. The topological polar surface area (TPSA) is 117 Å². The Kier molecular flexibility index (Phi) is 5.75. The summed E-state index contributed by atoms with van der Waals surface area (Å²) >= 11 is 1.42. The number of halogens is 2. The van der Waals surface area contributed by atoms with Gasteiger partial charge in [-0.1, -0.05) is 0 Å². The number of nitrogens with one attached hydrogen (secondary N) is 1. The van der Waals surface area contributed by atoms with E-state index in [0.29, 0.717) is 60.5 Å². The van der Waals surface area contributed by atoms with Gasteiger partial charge >= 0.3 is 0 Å². The second-order valence-corrected chi connectivity index (χ2v) is 9.96. The highest BCUT2D eigenvalue weighted by Gasteiger charge is 2.38. The van der Waals surface area contributed by atoms with Crippen LogP contribution in [0.5, 0.6) is 0 Å². The predicted octanol–water partition coefficient (Wildman–Crippen LogP) is 3.20. The number of primary amides is 1. The van der Waals surface area contributed by atoms with E-state index in [0.717, 1.165) is 5.56 Å². The van der Waals surface area contributed by atoms with E-state index < -0.39 is 11.8 Å². The molecule has 0 saturated carbocycles. The zero-order valence-corrected chi connectivity index (χ0v) is 20.1. The van der Waals surface area contributed by atoms with Gasteiger partial charge in [0.05, 0.1) is 30.8 Å². The van der Waals surface area contributed by atoms with Crippen LogP contribution in [0.1, 0.15) is 23.8 Å². The third kappa shape index (κ3) is 4.15. The summed E-state index contributed by atoms with van der Waals surface area (Å²) < 4.78 is 39.6. The lowest BCUT2D eigenvalue weighted by atomic mass is 10.0. The number of rotatable bonds is 5. The van der Waals surface area contributed by atoms with Crippen molar-refractivity contribution in [3.63, 3.8) is 0 Å². The molecule has 1 unspecified atom stereocenters. The molecule has 2 fully saturated rings. The fraction of sp³-hybridized carbons (Fsp3) is 0.435. The first kappa shape index (κ1) is 23.1. The second kappa shape index (κ2) is 8.96. The molecule has 1 atom stereocenters. The largest absolute Gasteiger partial charge is 0.423 e. The number of thioether (sulfide) groups is 1. The summed E-state index contributed by atoms with van der Waals surface area (Å²) in [4.78, 5) is 22.9. The van der Waals surface area contributed by atoms with Gasteiger partial charge in [-0.3, -0.25) is 9.89 Å². The van der Waals surface area contributed by atoms with Gasteiger partial charge in [-0.25, -0.2) is 8.78 Å². The van der Waals surface area contributed by atoms with Crippen LogP contribution in [-0.4, -0.2) is 66.4 Å². The molecule has 36 heavy (non-hydrogen) atoms. The number of aromatic amines is 1. The molecule has 0 aliphatic carbocycles. The minimum Gasteiger partial charge on any atom is -0.423 e. The molecule has 2 saturated heterocycles. The number of hydrogen-bond donors (Lipinski definition) is 2. The first-order valence-electron chi connectivity index (χ1n) is 11.7. The van der Waals surface area contributed by atoms with Gasteiger partial charge in [-0.05, 0) is 6.07 Å². The number of carbonyl (C=O) groups is 1. The summed E-state index contributed by atoms with van der Waals surface area (Å²) in [6.07, 6.45) is 2.95. The van der Waals surface area contributed by atoms with Gasteiger partial charge in [0.25, 0.3) is 17.8 Å². The van der Waals surface area contributed by atoms with E-state index in [-0.39, 0.29) is 31.3 Å². The predicted molar refractivity (Wildman–Crippen MR) is 132 cm³/mol. The minimum absolute atomic E-state index is 0.173. The van der Waals surface area contributed by atoms with Gasteiger partial charge in [0.2, 0.25) is 0 Å². The number of oxazole rings is 1. The van der Waals surface area contributed by atoms with Crippen molar-refractivity contribution in [2.75, 3.05) is 54.1 Å². The third-order valence-corrected chi connectivity index (χ3v) is 7.81. The highest BCUT2D eigenvalue weighted by atomic mass is 32.2. The number of anilines is 3. The number of piperidine rings is 1. The molecule has 1 amide bonds. The SMILES string of the molecule is NC(=O)C1=CSC(c2cn[nH]c2)N1c1cc2oc(N3CCOCC3)nc2cc1N1CCC(F)(F)CC1. The van der Waals surface area contributed by atoms with Crippen LogP contribution in [0.15, 0.2) is 40.0 Å². The first-order valence-corrected chi connectivity index (χ1v) is 12.7. The zero-order chi connectivity index (χ0) is 24.9. The van der Waals surface area contributed by atoms with E-state index in [2.05, 4.69) is 10.2 Å². The van der Waals surface area contributed by atoms with Crippen LogP contribution in [0.2, 0.25) is 0 Å². The van der Waals surface area contributed by atoms with Crippen molar-refractivity contribution < 1.29 is 22.7 Å². The number of carbonyl (C=O) groups excluding carboxylic acids is 1. The Morgan fingerprint density at radius 3 is 2.61 bits per heavy atom. The lowest BCUT2D eigenvalue weighted by Crippen LogP contribution is -2.40. The molecule has 3 aromatic rings. The van der Waals surface area contributed by atoms with Gasteiger partial charge in [-0.2, -0.15) is 10.1 Å². The van der Waals surface area contributed by atoms with Crippen molar-refractivity contribution >= 4 is 46.2 Å². The van der Waals surface area contributed by atoms with Gasteiger partial charge in [-0.15, -0.1) is 11.8 Å². The maximum atomic E-state index is 14.0. The van der Waals surface area contributed by atoms with E-state index in [1.54, 1.807) is 17.8 Å². The molecular weight excluding hydrogens is 492 g/mol. The Morgan fingerprint density at radius 2 is 1.92 bits per heavy atom. The van der Waals surface area contributed by atoms with Crippen molar-refractivity contribution in [2.45, 2.75) is 24.1 Å². The maximum Gasteiger partial charge on any atom is 0.298 e. The highest BCUT2D eigenvalue weighted by molar-refractivity contribution is 8.02. The van der Waals surface area contributed by atoms with E-state index >= 15 is 0 Å². The van der Waals surface area contributed by atoms with Crippen LogP contribution < -0.4 is 20.4 Å². The standard InChI is InChI=1S/C23H25F2N7O3S/c24-23(25)1-3-30(4-2-23)16-9-15-19(35-22(29-15)31-5-7-34-8-6-31)10-17(16)32-18(20(26)33)13-36-21(32)14-11-27-28-12-14/h9-13,21H,1-8H2,(H2,26,33)(H,27,28). The van der Waals surface area contributed by atoms with Crippen LogP contribution in [-0.2, 0) is 9.53 Å². The molecule has 190 valence electrons. The van der Waals surface area contributed by atoms with Crippen LogP contribution in [0.3, 0.4) is 0 Å². The number of nitrogens with zero attached hydrogens (tertiary/aromatic N) is 5. The molecule has 3 aliphatic rings. The van der Waals surface area contributed by atoms with Gasteiger partial charge in [0.15, 0.2) is 5.58 Å². The molecule has 3 aliphatic heterocycles. The van der Waals surface area contributed by atoms with Crippen LogP contribution in [0, 0.1) is 0 Å². The Morgan fingerprint density at radius 1 is 1.14 bits per heavy atom. The van der Waals surface area contributed by atoms with Crippen LogP contribution in [0.25, 0.3) is 11.1 Å². The molecule has 3 N–H and O–H groups in total. The summed E-state index contributed by atoms with van der Waals surface area (Å²) in [6, 6.07) is 4.16. The van der Waals surface area contributed by atoms with Gasteiger partial charge in [0, 0.05) is 62.3 Å². The zero-order valence-electron chi connectivity index (χ0n) is 19.3. The van der Waals surface area contributed by atoms with Crippen LogP contribution >= 0.6 is 11.8 Å². The fourth-order valence-electron chi connectivity index (χ4n) is 4.78. The average Bonchev–Trinajstić information content (AvgIpc) is 3.62. The molecule has 2 aromatic heterocycles. The molecule has 6 rings (SSSR count). The number of amides is 1. The summed E-state index contributed by atoms with van der Waals surface area (Å²) in [5.74, 6) is -3.28. The highest BCUT2D eigenvalue weighted by Crippen LogP contribution is 2.49. The molecule has 0 bridgehead atoms. The molecule has 1 aromatic carbocycles. The first-order chi connectivity index (χ1) is 17.4. The van der Waals surface area contributed by atoms with Gasteiger partial charge in [0.1, 0.15) is 16.6 Å². The molecule has 5 heterocycles. The molecule has 13 heteroatoms. The molecule has 0 radical (unpaired) electrons. The number of aromatic nitrogens is 3. The minimum atomic E-state index is -2.70. The Labute approximate surface area is 209 Å². The van der Waals surface area contributed by atoms with Crippen molar-refractivity contribution in [3.05, 3.63) is 41.2 Å². The lowest BCUT2D eigenvalue weighted by Gasteiger charge is -2.37. The number of ether oxygens (including phenoxy) is 1. The lowest BCUT2D eigenvalue weighted by molar-refractivity contribution is -0.114. The van der Waals surface area contributed by atoms with Crippen molar-refractivity contribution in [1.29, 1.82) is 0 Å². The third-order valence-electron chi connectivity index (χ3n) is 6.71. The number of benzene rings is 1. The number of nitrogens with two attached hydrogens (primary N) is 1. The Balaban J connectivity index is 1.47. The van der Waals surface area contributed by atoms with E-state index in [9.17, 15) is 13.6 Å². The van der Waals surface area contributed by atoms with Gasteiger partial charge < -0.3 is 29.6 Å². The van der Waals surface area contributed by atoms with E-state index in [4.69, 9.17) is 19.9 Å². The maximum absolute atomic E-state index is 14.0. The quantitative estimate of drug-likeness (QED) is 0.526. The summed E-state index contributed by atoms with van der Waals surface area (Å²) in [7, 11) is 0. The smallest absolute Gasteiger partial charge is 0.298 e. The second-order valence-electron chi connectivity index (χ2n) is 9.00. The molecule has 0 spiro atoms. The summed E-state index contributed by atoms with van der Waals surface area (Å²) in [5.41, 5.74) is 9.40. The van der Waals surface area contributed by atoms with Crippen molar-refractivity contribution in [3.8, 4) is 0 Å². The molecule has 10 nitrogen and oxygen atoms in total. The normalized spacial score (nSPS) is 22.3. The summed E-state index contributed by atoms with van der Waals surface area (Å²) in [5, 5.41) is 8.26. The Bertz CT molecular complexity index is 1300. The monoisotopic (exact) mass is 517 g/mol. The number of alkyl halides is 2. The summed E-state index contributed by atoms with van der Waals surface area (Å²) in [6.45, 7) is 2.84. The van der Waals surface area contributed by atoms with E-state index in [1.807, 2.05) is 26.8 Å². The van der Waals surface area contributed by atoms with Crippen molar-refractivity contribution in [2.24, 2.45) is 5.73 Å². The van der Waals surface area contributed by atoms with Crippen LogP contribution in [0.4, 0.5) is 26.2 Å². The number of hydrogen-bond acceptors (Lipinski definition) is 9. The fourth-order valence-corrected chi connectivity index (χ4v) is 5.90. The average molecular weight is 518 g/mol. The number of morpholine rings is 1. The van der Waals surface area contributed by atoms with E-state index in [1.165, 1.54) is 11.8 Å².